The van der Waals surface area contributed by atoms with Crippen molar-refractivity contribution in [2.75, 3.05) is 19.7 Å². The van der Waals surface area contributed by atoms with E-state index in [0.717, 1.165) is 11.3 Å². The second-order valence-electron chi connectivity index (χ2n) is 15.1. The highest BCUT2D eigenvalue weighted by Crippen LogP contribution is 2.38. The van der Waals surface area contributed by atoms with Gasteiger partial charge in [-0.15, -0.1) is 5.10 Å². The third-order valence-electron chi connectivity index (χ3n) is 9.34. The number of carbonyl (C=O) groups excluding carboxylic acids is 1. The maximum Gasteiger partial charge on any atom is 0.410 e. The topological polar surface area (TPSA) is 133 Å². The number of fused-ring (bicyclic) bond motifs is 1. The van der Waals surface area contributed by atoms with E-state index >= 15 is 0 Å². The van der Waals surface area contributed by atoms with Crippen LogP contribution in [0.25, 0.3) is 16.9 Å². The number of halogens is 1. The van der Waals surface area contributed by atoms with Crippen molar-refractivity contribution in [2.24, 2.45) is 0 Å². The van der Waals surface area contributed by atoms with E-state index in [9.17, 15) is 14.4 Å². The summed E-state index contributed by atoms with van der Waals surface area (Å²) in [6.07, 6.45) is 3.63. The van der Waals surface area contributed by atoms with Gasteiger partial charge in [0.25, 0.3) is 0 Å². The maximum atomic E-state index is 13.9. The van der Waals surface area contributed by atoms with E-state index in [0.29, 0.717) is 67.6 Å². The average Bonchev–Trinajstić information content (AvgIpc) is 3.62. The normalized spacial score (nSPS) is 15.3. The predicted octanol–water partition coefficient (Wildman–Crippen LogP) is 7.41. The van der Waals surface area contributed by atoms with Crippen molar-refractivity contribution < 1.29 is 23.1 Å². The van der Waals surface area contributed by atoms with E-state index in [4.69, 9.17) is 13.9 Å². The molecule has 49 heavy (non-hydrogen) atoms. The second kappa shape index (κ2) is 13.9. The number of ether oxygens (including phenoxy) is 2. The smallest absolute Gasteiger partial charge is 0.410 e. The molecule has 262 valence electrons. The van der Waals surface area contributed by atoms with Gasteiger partial charge in [0.15, 0.2) is 8.32 Å². The molecule has 4 aromatic rings. The molecule has 1 aliphatic heterocycles. The van der Waals surface area contributed by atoms with Crippen LogP contribution in [-0.2, 0) is 9.16 Å². The summed E-state index contributed by atoms with van der Waals surface area (Å²) in [7, 11) is -2.05. The summed E-state index contributed by atoms with van der Waals surface area (Å²) < 4.78 is 36.2. The number of pyridine rings is 2. The summed E-state index contributed by atoms with van der Waals surface area (Å²) in [6.45, 7) is 20.0. The Bertz CT molecular complexity index is 1830. The van der Waals surface area contributed by atoms with E-state index in [1.54, 1.807) is 15.4 Å². The first-order valence-corrected chi connectivity index (χ1v) is 19.6. The number of hydrogen-bond donors (Lipinski definition) is 0. The Hall–Kier alpha value is -4.35. The van der Waals surface area contributed by atoms with Crippen molar-refractivity contribution >= 4 is 20.1 Å². The van der Waals surface area contributed by atoms with Crippen LogP contribution < -0.4 is 4.74 Å². The number of aromatic nitrogens is 6. The SMILES string of the molecule is Cc1c(-c2cc(OC(CCO[Si](C)(C)C(C)(C)C)c3ccc(F)cn3)n3c(C#N)cnc3c2)nnn1C1CCN(C(=O)OC(C)(C)C)CC1. The number of amides is 1. The molecule has 1 amide bonds. The summed E-state index contributed by atoms with van der Waals surface area (Å²) in [5.41, 5.74) is 3.03. The molecular formula is C35H47FN8O4Si. The molecule has 1 saturated heterocycles. The summed E-state index contributed by atoms with van der Waals surface area (Å²) in [6, 6.07) is 8.91. The van der Waals surface area contributed by atoms with Gasteiger partial charge in [0, 0.05) is 37.7 Å². The van der Waals surface area contributed by atoms with Gasteiger partial charge in [-0.1, -0.05) is 26.0 Å². The molecule has 1 atom stereocenters. The zero-order chi connectivity index (χ0) is 35.7. The van der Waals surface area contributed by atoms with Crippen molar-refractivity contribution in [1.82, 2.24) is 34.3 Å². The van der Waals surface area contributed by atoms with Crippen LogP contribution in [0, 0.1) is 24.1 Å². The fourth-order valence-electron chi connectivity index (χ4n) is 5.58. The number of nitrogens with zero attached hydrogens (tertiary/aromatic N) is 8. The zero-order valence-corrected chi connectivity index (χ0v) is 31.0. The quantitative estimate of drug-likeness (QED) is 0.165. The lowest BCUT2D eigenvalue weighted by molar-refractivity contribution is 0.0183. The van der Waals surface area contributed by atoms with Crippen LogP contribution >= 0.6 is 0 Å². The Kier molecular flexibility index (Phi) is 10.2. The number of imidazole rings is 1. The number of hydrogen-bond acceptors (Lipinski definition) is 9. The Labute approximate surface area is 288 Å². The van der Waals surface area contributed by atoms with Gasteiger partial charge in [0.2, 0.25) is 5.88 Å². The highest BCUT2D eigenvalue weighted by atomic mass is 28.4. The van der Waals surface area contributed by atoms with E-state index in [1.165, 1.54) is 18.5 Å². The van der Waals surface area contributed by atoms with Crippen molar-refractivity contribution in [3.63, 3.8) is 0 Å². The van der Waals surface area contributed by atoms with Gasteiger partial charge in [0.1, 0.15) is 40.6 Å². The molecule has 5 heterocycles. The molecule has 4 aromatic heterocycles. The van der Waals surface area contributed by atoms with Crippen molar-refractivity contribution in [3.8, 4) is 23.2 Å². The molecule has 0 radical (unpaired) electrons. The van der Waals surface area contributed by atoms with Gasteiger partial charge in [-0.2, -0.15) is 5.26 Å². The fraction of sp³-hybridized carbons (Fsp3) is 0.543. The number of piperidine rings is 1. The lowest BCUT2D eigenvalue weighted by Gasteiger charge is -2.36. The highest BCUT2D eigenvalue weighted by molar-refractivity contribution is 6.74. The zero-order valence-electron chi connectivity index (χ0n) is 30.0. The average molecular weight is 691 g/mol. The number of carbonyl (C=O) groups is 1. The molecule has 1 aliphatic rings. The first-order chi connectivity index (χ1) is 23.0. The minimum Gasteiger partial charge on any atom is -0.469 e. The Morgan fingerprint density at radius 2 is 1.82 bits per heavy atom. The molecule has 1 unspecified atom stereocenters. The third kappa shape index (κ3) is 8.10. The molecule has 0 aromatic carbocycles. The maximum absolute atomic E-state index is 13.9. The Morgan fingerprint density at radius 3 is 2.43 bits per heavy atom. The van der Waals surface area contributed by atoms with Crippen molar-refractivity contribution in [2.45, 2.75) is 104 Å². The molecular weight excluding hydrogens is 644 g/mol. The van der Waals surface area contributed by atoms with Crippen molar-refractivity contribution in [1.29, 1.82) is 5.26 Å². The van der Waals surface area contributed by atoms with Crippen LogP contribution in [0.3, 0.4) is 0 Å². The number of rotatable bonds is 9. The second-order valence-corrected chi connectivity index (χ2v) is 19.9. The van der Waals surface area contributed by atoms with Gasteiger partial charge < -0.3 is 18.8 Å². The van der Waals surface area contributed by atoms with Gasteiger partial charge in [-0.25, -0.2) is 18.9 Å². The van der Waals surface area contributed by atoms with Crippen LogP contribution in [0.1, 0.15) is 90.0 Å². The first-order valence-electron chi connectivity index (χ1n) is 16.7. The summed E-state index contributed by atoms with van der Waals surface area (Å²) in [5, 5.41) is 19.1. The van der Waals surface area contributed by atoms with E-state index in [2.05, 4.69) is 60.2 Å². The molecule has 14 heteroatoms. The molecule has 0 saturated carbocycles. The lowest BCUT2D eigenvalue weighted by atomic mass is 10.0. The minimum absolute atomic E-state index is 0.0287. The molecule has 0 N–H and O–H groups in total. The Morgan fingerprint density at radius 1 is 1.10 bits per heavy atom. The number of nitriles is 1. The van der Waals surface area contributed by atoms with Gasteiger partial charge in [-0.05, 0) is 76.9 Å². The van der Waals surface area contributed by atoms with E-state index < -0.39 is 25.8 Å². The summed E-state index contributed by atoms with van der Waals surface area (Å²) >= 11 is 0. The monoisotopic (exact) mass is 690 g/mol. The Balaban J connectivity index is 1.43. The van der Waals surface area contributed by atoms with Crippen LogP contribution in [0.15, 0.2) is 36.7 Å². The van der Waals surface area contributed by atoms with E-state index in [-0.39, 0.29) is 17.2 Å². The third-order valence-corrected chi connectivity index (χ3v) is 13.9. The molecule has 5 rings (SSSR count). The van der Waals surface area contributed by atoms with Crippen LogP contribution in [-0.4, -0.2) is 74.0 Å². The van der Waals surface area contributed by atoms with E-state index in [1.807, 2.05) is 44.5 Å². The molecule has 1 fully saturated rings. The molecule has 12 nitrogen and oxygen atoms in total. The predicted molar refractivity (Wildman–Crippen MR) is 185 cm³/mol. The standard InChI is InChI=1S/C35H47FN8O4Si/c1-23-32(40-41-44(23)26-12-15-42(16-13-26)33(45)48-34(2,3)4)24-18-30-39-22-27(20-37)43(30)31(19-24)47-29(28-11-10-25(36)21-38-28)14-17-46-49(8,9)35(5,6)7/h10-11,18-19,21-22,26,29H,12-17H2,1-9H3. The van der Waals surface area contributed by atoms with Crippen LogP contribution in [0.2, 0.25) is 18.1 Å². The molecule has 0 aliphatic carbocycles. The first kappa shape index (κ1) is 35.9. The highest BCUT2D eigenvalue weighted by Gasteiger charge is 2.37. The van der Waals surface area contributed by atoms with Crippen LogP contribution in [0.5, 0.6) is 5.88 Å². The molecule has 0 spiro atoms. The number of likely N-dealkylation sites (tertiary alicyclic amines) is 1. The van der Waals surface area contributed by atoms with Crippen LogP contribution in [0.4, 0.5) is 9.18 Å². The van der Waals surface area contributed by atoms with Gasteiger partial charge in [0.05, 0.1) is 29.8 Å². The minimum atomic E-state index is -2.05. The lowest BCUT2D eigenvalue weighted by Crippen LogP contribution is -2.42. The summed E-state index contributed by atoms with van der Waals surface area (Å²) in [4.78, 5) is 23.2. The largest absolute Gasteiger partial charge is 0.469 e. The molecule has 0 bridgehead atoms. The fourth-order valence-corrected chi connectivity index (χ4v) is 6.64. The van der Waals surface area contributed by atoms with Crippen molar-refractivity contribution in [3.05, 3.63) is 59.6 Å². The van der Waals surface area contributed by atoms with Gasteiger partial charge >= 0.3 is 6.09 Å². The summed E-state index contributed by atoms with van der Waals surface area (Å²) in [5.74, 6) is -0.0792. The van der Waals surface area contributed by atoms with Gasteiger partial charge in [-0.3, -0.25) is 9.38 Å².